The van der Waals surface area contributed by atoms with Crippen LogP contribution in [0.5, 0.6) is 0 Å². The summed E-state index contributed by atoms with van der Waals surface area (Å²) in [6, 6.07) is 0.201. The SMILES string of the molecule is CC(C)Cc1c(C(=O)O)cnn1C(C)C. The molecule has 0 spiro atoms. The first-order valence-corrected chi connectivity index (χ1v) is 5.23. The van der Waals surface area contributed by atoms with Crippen molar-refractivity contribution in [3.05, 3.63) is 17.5 Å². The van der Waals surface area contributed by atoms with Gasteiger partial charge in [0.15, 0.2) is 0 Å². The van der Waals surface area contributed by atoms with Crippen LogP contribution < -0.4 is 0 Å². The van der Waals surface area contributed by atoms with E-state index in [0.29, 0.717) is 11.5 Å². The lowest BCUT2D eigenvalue weighted by Crippen LogP contribution is -2.12. The number of hydrogen-bond acceptors (Lipinski definition) is 2. The molecule has 1 aromatic rings. The number of carboxylic acids is 1. The fourth-order valence-corrected chi connectivity index (χ4v) is 1.60. The molecule has 0 aliphatic heterocycles. The smallest absolute Gasteiger partial charge is 0.339 e. The average Bonchev–Trinajstić information content (AvgIpc) is 2.46. The number of carboxylic acid groups (broad SMARTS) is 1. The third-order valence-electron chi connectivity index (χ3n) is 2.22. The number of nitrogens with zero attached hydrogens (tertiary/aromatic N) is 2. The average molecular weight is 210 g/mol. The highest BCUT2D eigenvalue weighted by Crippen LogP contribution is 2.17. The fourth-order valence-electron chi connectivity index (χ4n) is 1.60. The molecule has 1 rings (SSSR count). The molecule has 0 unspecified atom stereocenters. The summed E-state index contributed by atoms with van der Waals surface area (Å²) in [6.45, 7) is 8.15. The van der Waals surface area contributed by atoms with E-state index >= 15 is 0 Å². The van der Waals surface area contributed by atoms with Gasteiger partial charge in [0.2, 0.25) is 0 Å². The molecule has 0 saturated heterocycles. The number of rotatable bonds is 4. The molecule has 0 atom stereocenters. The van der Waals surface area contributed by atoms with Crippen LogP contribution in [0.3, 0.4) is 0 Å². The van der Waals surface area contributed by atoms with E-state index < -0.39 is 5.97 Å². The molecule has 4 heteroatoms. The monoisotopic (exact) mass is 210 g/mol. The largest absolute Gasteiger partial charge is 0.478 e. The van der Waals surface area contributed by atoms with E-state index in [-0.39, 0.29) is 6.04 Å². The molecule has 0 aliphatic carbocycles. The van der Waals surface area contributed by atoms with Crippen LogP contribution in [0.15, 0.2) is 6.20 Å². The van der Waals surface area contributed by atoms with Gasteiger partial charge in [0, 0.05) is 6.04 Å². The molecule has 15 heavy (non-hydrogen) atoms. The molecule has 0 aromatic carbocycles. The number of aromatic nitrogens is 2. The molecule has 0 bridgehead atoms. The first-order chi connectivity index (χ1) is 6.93. The van der Waals surface area contributed by atoms with Crippen LogP contribution in [-0.4, -0.2) is 20.9 Å². The zero-order chi connectivity index (χ0) is 11.6. The van der Waals surface area contributed by atoms with E-state index in [1.807, 2.05) is 13.8 Å². The Morgan fingerprint density at radius 1 is 1.47 bits per heavy atom. The minimum atomic E-state index is -0.891. The Balaban J connectivity index is 3.14. The molecule has 1 N–H and O–H groups in total. The van der Waals surface area contributed by atoms with Crippen LogP contribution in [0.2, 0.25) is 0 Å². The lowest BCUT2D eigenvalue weighted by molar-refractivity contribution is 0.0695. The molecule has 0 radical (unpaired) electrons. The van der Waals surface area contributed by atoms with Gasteiger partial charge in [-0.3, -0.25) is 4.68 Å². The van der Waals surface area contributed by atoms with Crippen molar-refractivity contribution in [3.63, 3.8) is 0 Å². The van der Waals surface area contributed by atoms with E-state index in [2.05, 4.69) is 18.9 Å². The molecule has 0 saturated carbocycles. The summed E-state index contributed by atoms with van der Waals surface area (Å²) in [5.74, 6) is -0.463. The Labute approximate surface area is 89.9 Å². The Bertz CT molecular complexity index is 353. The Kier molecular flexibility index (Phi) is 3.50. The second-order valence-electron chi connectivity index (χ2n) is 4.45. The summed E-state index contributed by atoms with van der Waals surface area (Å²) in [5.41, 5.74) is 1.16. The maximum Gasteiger partial charge on any atom is 0.339 e. The first kappa shape index (κ1) is 11.8. The zero-order valence-corrected chi connectivity index (χ0v) is 9.69. The Hall–Kier alpha value is -1.32. The molecular formula is C11H18N2O2. The summed E-state index contributed by atoms with van der Waals surface area (Å²) in [7, 11) is 0. The zero-order valence-electron chi connectivity index (χ0n) is 9.69. The molecule has 0 aliphatic rings. The maximum absolute atomic E-state index is 11.0. The van der Waals surface area contributed by atoms with Gasteiger partial charge in [0.1, 0.15) is 5.56 Å². The van der Waals surface area contributed by atoms with Crippen molar-refractivity contribution in [2.75, 3.05) is 0 Å². The van der Waals surface area contributed by atoms with Crippen LogP contribution in [-0.2, 0) is 6.42 Å². The predicted molar refractivity (Wildman–Crippen MR) is 58.1 cm³/mol. The second kappa shape index (κ2) is 4.47. The minimum Gasteiger partial charge on any atom is -0.478 e. The van der Waals surface area contributed by atoms with Crippen molar-refractivity contribution in [2.24, 2.45) is 5.92 Å². The second-order valence-corrected chi connectivity index (χ2v) is 4.45. The molecule has 1 heterocycles. The van der Waals surface area contributed by atoms with Gasteiger partial charge >= 0.3 is 5.97 Å². The van der Waals surface area contributed by atoms with Gasteiger partial charge in [-0.05, 0) is 26.2 Å². The summed E-state index contributed by atoms with van der Waals surface area (Å²) in [6.07, 6.45) is 2.19. The van der Waals surface area contributed by atoms with Crippen molar-refractivity contribution in [3.8, 4) is 0 Å². The minimum absolute atomic E-state index is 0.201. The quantitative estimate of drug-likeness (QED) is 0.830. The highest BCUT2D eigenvalue weighted by atomic mass is 16.4. The molecular weight excluding hydrogens is 192 g/mol. The van der Waals surface area contributed by atoms with Gasteiger partial charge in [0.25, 0.3) is 0 Å². The lowest BCUT2D eigenvalue weighted by Gasteiger charge is -2.13. The van der Waals surface area contributed by atoms with E-state index in [9.17, 15) is 4.79 Å². The molecule has 4 nitrogen and oxygen atoms in total. The fraction of sp³-hybridized carbons (Fsp3) is 0.636. The summed E-state index contributed by atoms with van der Waals surface area (Å²) in [4.78, 5) is 11.0. The number of aromatic carboxylic acids is 1. The van der Waals surface area contributed by atoms with Crippen molar-refractivity contribution in [1.29, 1.82) is 0 Å². The van der Waals surface area contributed by atoms with Crippen molar-refractivity contribution >= 4 is 5.97 Å². The highest BCUT2D eigenvalue weighted by molar-refractivity contribution is 5.88. The number of hydrogen-bond donors (Lipinski definition) is 1. The van der Waals surface area contributed by atoms with Crippen molar-refractivity contribution in [2.45, 2.75) is 40.2 Å². The predicted octanol–water partition coefficient (Wildman–Crippen LogP) is 2.36. The number of carbonyl (C=O) groups is 1. The van der Waals surface area contributed by atoms with Gasteiger partial charge in [-0.15, -0.1) is 0 Å². The Morgan fingerprint density at radius 2 is 2.07 bits per heavy atom. The van der Waals surface area contributed by atoms with E-state index in [1.54, 1.807) is 4.68 Å². The van der Waals surface area contributed by atoms with Crippen LogP contribution in [0.1, 0.15) is 49.8 Å². The van der Waals surface area contributed by atoms with Gasteiger partial charge in [-0.2, -0.15) is 5.10 Å². The molecule has 1 aromatic heterocycles. The van der Waals surface area contributed by atoms with Crippen LogP contribution in [0.4, 0.5) is 0 Å². The standard InChI is InChI=1S/C11H18N2O2/c1-7(2)5-10-9(11(14)15)6-12-13(10)8(3)4/h6-8H,5H2,1-4H3,(H,14,15). The first-order valence-electron chi connectivity index (χ1n) is 5.23. The highest BCUT2D eigenvalue weighted by Gasteiger charge is 2.18. The van der Waals surface area contributed by atoms with Crippen LogP contribution in [0.25, 0.3) is 0 Å². The van der Waals surface area contributed by atoms with Crippen LogP contribution >= 0.6 is 0 Å². The van der Waals surface area contributed by atoms with E-state index in [4.69, 9.17) is 5.11 Å². The van der Waals surface area contributed by atoms with Gasteiger partial charge < -0.3 is 5.11 Å². The third-order valence-corrected chi connectivity index (χ3v) is 2.22. The third kappa shape index (κ3) is 2.58. The normalized spacial score (nSPS) is 11.3. The maximum atomic E-state index is 11.0. The van der Waals surface area contributed by atoms with E-state index in [1.165, 1.54) is 6.20 Å². The topological polar surface area (TPSA) is 55.1 Å². The summed E-state index contributed by atoms with van der Waals surface area (Å²) in [5, 5.41) is 13.1. The lowest BCUT2D eigenvalue weighted by atomic mass is 10.0. The van der Waals surface area contributed by atoms with Crippen LogP contribution in [0, 0.1) is 5.92 Å². The van der Waals surface area contributed by atoms with Gasteiger partial charge in [-0.1, -0.05) is 13.8 Å². The van der Waals surface area contributed by atoms with Crippen molar-refractivity contribution in [1.82, 2.24) is 9.78 Å². The molecule has 0 amide bonds. The summed E-state index contributed by atoms with van der Waals surface area (Å²) < 4.78 is 1.80. The van der Waals surface area contributed by atoms with Gasteiger partial charge in [-0.25, -0.2) is 4.79 Å². The van der Waals surface area contributed by atoms with Crippen molar-refractivity contribution < 1.29 is 9.90 Å². The Morgan fingerprint density at radius 3 is 2.47 bits per heavy atom. The van der Waals surface area contributed by atoms with E-state index in [0.717, 1.165) is 12.1 Å². The molecule has 0 fully saturated rings. The molecule has 84 valence electrons. The summed E-state index contributed by atoms with van der Waals surface area (Å²) >= 11 is 0. The van der Waals surface area contributed by atoms with Gasteiger partial charge in [0.05, 0.1) is 11.9 Å².